The molecule has 1 fully saturated rings. The predicted molar refractivity (Wildman–Crippen MR) is 254 cm³/mol. The van der Waals surface area contributed by atoms with Gasteiger partial charge in [0, 0.05) is 23.6 Å². The Labute approximate surface area is 394 Å². The molecule has 2 amide bonds. The number of hydrogen-bond acceptors (Lipinski definition) is 13. The van der Waals surface area contributed by atoms with E-state index in [4.69, 9.17) is 19.3 Å². The number of rotatable bonds is 17. The van der Waals surface area contributed by atoms with Crippen molar-refractivity contribution in [1.82, 2.24) is 15.2 Å². The summed E-state index contributed by atoms with van der Waals surface area (Å²) in [6.45, 7) is 3.82. The van der Waals surface area contributed by atoms with Crippen molar-refractivity contribution < 1.29 is 43.4 Å². The second-order valence-electron chi connectivity index (χ2n) is 16.1. The van der Waals surface area contributed by atoms with Gasteiger partial charge < -0.3 is 30.1 Å². The smallest absolute Gasteiger partial charge is 0.353 e. The molecule has 2 aliphatic rings. The number of thiazole rings is 1. The molecule has 0 aliphatic carbocycles. The topological polar surface area (TPSA) is 186 Å². The van der Waals surface area contributed by atoms with Gasteiger partial charge in [0.25, 0.3) is 11.8 Å². The lowest BCUT2D eigenvalue weighted by molar-refractivity contribution is -0.172. The summed E-state index contributed by atoms with van der Waals surface area (Å²) in [5.74, 6) is -4.22. The average molecular weight is 936 g/mol. The van der Waals surface area contributed by atoms with Crippen molar-refractivity contribution in [2.45, 2.75) is 49.4 Å². The molecule has 2 atom stereocenters. The fourth-order valence-electron chi connectivity index (χ4n) is 7.81. The molecule has 0 radical (unpaired) electrons. The number of β-lactam (4-membered cyclic amide) rings is 1. The molecule has 3 N–H and O–H groups in total. The maximum Gasteiger partial charge on any atom is 0.353 e. The molecule has 14 nitrogen and oxygen atoms in total. The van der Waals surface area contributed by atoms with Crippen molar-refractivity contribution in [3.8, 4) is 0 Å². The molecule has 1 saturated heterocycles. The van der Waals surface area contributed by atoms with Gasteiger partial charge in [0.15, 0.2) is 16.9 Å². The molecule has 3 heterocycles. The molecule has 340 valence electrons. The molecule has 67 heavy (non-hydrogen) atoms. The largest absolute Gasteiger partial charge is 0.477 e. The second-order valence-corrected chi connectivity index (χ2v) is 18.0. The lowest BCUT2D eigenvalue weighted by atomic mass is 9.77. The van der Waals surface area contributed by atoms with Gasteiger partial charge in [-0.3, -0.25) is 19.3 Å². The van der Waals surface area contributed by atoms with E-state index in [9.17, 15) is 29.1 Å². The Morgan fingerprint density at radius 1 is 0.806 bits per heavy atom. The van der Waals surface area contributed by atoms with E-state index >= 15 is 0 Å². The number of ether oxygens (including phenoxy) is 2. The van der Waals surface area contributed by atoms with Crippen molar-refractivity contribution in [3.63, 3.8) is 0 Å². The van der Waals surface area contributed by atoms with Gasteiger partial charge in [-0.2, -0.15) is 0 Å². The van der Waals surface area contributed by atoms with E-state index in [0.29, 0.717) is 5.13 Å². The molecule has 0 spiro atoms. The number of oxime groups is 1. The van der Waals surface area contributed by atoms with Gasteiger partial charge >= 0.3 is 17.9 Å². The number of nitrogens with one attached hydrogen (secondary N) is 2. The van der Waals surface area contributed by atoms with Crippen LogP contribution in [0.25, 0.3) is 0 Å². The Morgan fingerprint density at radius 3 is 1.81 bits per heavy atom. The van der Waals surface area contributed by atoms with Crippen molar-refractivity contribution in [2.24, 2.45) is 5.16 Å². The fourth-order valence-corrected chi connectivity index (χ4v) is 9.89. The zero-order valence-electron chi connectivity index (χ0n) is 36.5. The Bertz CT molecular complexity index is 2690. The standard InChI is InChI=1S/C51H45N5O9S2/c1-32(57)63-29-35-30-66-46-41(45(59)56(46)42(35)47(60)61)53-44(58)40(55-65-50(2,3)48(62)64-43(33-19-9-4-10-20-33)34-21-11-5-12-22-34)39-31-67-49(52-39)54-51(36-23-13-6-14-24-36,37-25-15-7-16-26-37)38-27-17-8-18-28-38/h4-28,31,41,43,46H,29-30H2,1-3H3,(H,52,54)(H,53,58)(H,60,61)/b55-40+/t41?,46-/m1/s1. The number of anilines is 1. The lowest BCUT2D eigenvalue weighted by Crippen LogP contribution is -2.71. The Morgan fingerprint density at radius 2 is 1.31 bits per heavy atom. The van der Waals surface area contributed by atoms with E-state index < -0.39 is 58.4 Å². The third-order valence-electron chi connectivity index (χ3n) is 11.1. The van der Waals surface area contributed by atoms with Gasteiger partial charge in [0.1, 0.15) is 35.0 Å². The first kappa shape index (κ1) is 46.0. The summed E-state index contributed by atoms with van der Waals surface area (Å²) in [6, 6.07) is 46.9. The van der Waals surface area contributed by atoms with Gasteiger partial charge in [-0.05, 0) is 41.7 Å². The van der Waals surface area contributed by atoms with E-state index in [-0.39, 0.29) is 35.0 Å². The van der Waals surface area contributed by atoms with Crippen LogP contribution in [0.1, 0.15) is 60.4 Å². The highest BCUT2D eigenvalue weighted by molar-refractivity contribution is 8.00. The van der Waals surface area contributed by atoms with Crippen molar-refractivity contribution in [2.75, 3.05) is 17.7 Å². The van der Waals surface area contributed by atoms with Crippen LogP contribution in [0, 0.1) is 0 Å². The van der Waals surface area contributed by atoms with Crippen LogP contribution in [-0.4, -0.2) is 79.8 Å². The van der Waals surface area contributed by atoms with Crippen molar-refractivity contribution in [3.05, 3.63) is 202 Å². The number of amides is 2. The SMILES string of the molecule is CC(=O)OCC1=C(C(=O)O)N2C(=O)C(NC(=O)/C(=N/OC(C)(C)C(=O)OC(c3ccccc3)c3ccccc3)c3csc(NC(c4ccccc4)(c4ccccc4)c4ccccc4)n3)[C@H]2SC1. The highest BCUT2D eigenvalue weighted by atomic mass is 32.2. The van der Waals surface area contributed by atoms with E-state index in [0.717, 1.165) is 32.7 Å². The Balaban J connectivity index is 1.14. The molecule has 5 aromatic carbocycles. The number of fused-ring (bicyclic) bond motifs is 1. The number of carboxylic acid groups (broad SMARTS) is 1. The highest BCUT2D eigenvalue weighted by Crippen LogP contribution is 2.42. The monoisotopic (exact) mass is 935 g/mol. The van der Waals surface area contributed by atoms with Crippen molar-refractivity contribution in [1.29, 1.82) is 0 Å². The summed E-state index contributed by atoms with van der Waals surface area (Å²) in [7, 11) is 0. The van der Waals surface area contributed by atoms with Gasteiger partial charge in [-0.25, -0.2) is 14.6 Å². The molecule has 8 rings (SSSR count). The van der Waals surface area contributed by atoms with Crippen LogP contribution < -0.4 is 10.6 Å². The minimum Gasteiger partial charge on any atom is -0.477 e. The number of carboxylic acids is 1. The fraction of sp³-hybridized carbons (Fsp3) is 0.196. The molecule has 6 aromatic rings. The van der Waals surface area contributed by atoms with Crippen LogP contribution >= 0.6 is 23.1 Å². The van der Waals surface area contributed by atoms with E-state index in [1.165, 1.54) is 43.9 Å². The van der Waals surface area contributed by atoms with Crippen LogP contribution in [0.15, 0.2) is 173 Å². The van der Waals surface area contributed by atoms with E-state index in [1.807, 2.05) is 152 Å². The molecule has 1 unspecified atom stereocenters. The first-order valence-corrected chi connectivity index (χ1v) is 23.1. The summed E-state index contributed by atoms with van der Waals surface area (Å²) in [4.78, 5) is 78.3. The van der Waals surface area contributed by atoms with E-state index in [1.54, 1.807) is 5.38 Å². The summed E-state index contributed by atoms with van der Waals surface area (Å²) >= 11 is 2.41. The molecular formula is C51H45N5O9S2. The highest BCUT2D eigenvalue weighted by Gasteiger charge is 2.54. The second kappa shape index (κ2) is 19.9. The van der Waals surface area contributed by atoms with Crippen LogP contribution in [0.2, 0.25) is 0 Å². The first-order chi connectivity index (χ1) is 32.4. The average Bonchev–Trinajstić information content (AvgIpc) is 3.82. The first-order valence-electron chi connectivity index (χ1n) is 21.2. The Kier molecular flexibility index (Phi) is 13.7. The number of hydrogen-bond donors (Lipinski definition) is 3. The summed E-state index contributed by atoms with van der Waals surface area (Å²) < 4.78 is 11.2. The number of esters is 2. The normalized spacial score (nSPS) is 16.1. The molecule has 0 saturated carbocycles. The summed E-state index contributed by atoms with van der Waals surface area (Å²) in [5.41, 5.74) is 1.06. The van der Waals surface area contributed by atoms with Gasteiger partial charge in [-0.1, -0.05) is 157 Å². The van der Waals surface area contributed by atoms with Gasteiger partial charge in [0.05, 0.1) is 0 Å². The quantitative estimate of drug-likeness (QED) is 0.0267. The lowest BCUT2D eigenvalue weighted by Gasteiger charge is -2.49. The van der Waals surface area contributed by atoms with Crippen LogP contribution in [-0.2, 0) is 43.8 Å². The minimum absolute atomic E-state index is 0.0541. The maximum absolute atomic E-state index is 14.6. The molecule has 0 bridgehead atoms. The number of thioether (sulfide) groups is 1. The number of aromatic nitrogens is 1. The summed E-state index contributed by atoms with van der Waals surface area (Å²) in [6.07, 6.45) is -0.796. The van der Waals surface area contributed by atoms with Crippen molar-refractivity contribution >= 4 is 63.7 Å². The molecule has 1 aromatic heterocycles. The molecule has 16 heteroatoms. The van der Waals surface area contributed by atoms with Gasteiger partial charge in [-0.15, -0.1) is 23.1 Å². The number of carbonyl (C=O) groups excluding carboxylic acids is 4. The zero-order valence-corrected chi connectivity index (χ0v) is 38.2. The number of nitrogens with zero attached hydrogens (tertiary/aromatic N) is 3. The van der Waals surface area contributed by atoms with Gasteiger partial charge in [0.2, 0.25) is 5.60 Å². The minimum atomic E-state index is -1.77. The number of aliphatic carboxylic acids is 1. The van der Waals surface area contributed by atoms with Crippen LogP contribution in [0.5, 0.6) is 0 Å². The summed E-state index contributed by atoms with van der Waals surface area (Å²) in [5, 5.41) is 22.0. The number of benzene rings is 5. The van der Waals surface area contributed by atoms with E-state index in [2.05, 4.69) is 15.8 Å². The van der Waals surface area contributed by atoms with Crippen LogP contribution in [0.4, 0.5) is 5.13 Å². The zero-order chi connectivity index (χ0) is 47.1. The maximum atomic E-state index is 14.6. The third-order valence-corrected chi connectivity index (χ3v) is 13.2. The Hall–Kier alpha value is -7.56. The number of carbonyl (C=O) groups is 5. The molecular weight excluding hydrogens is 891 g/mol. The third kappa shape index (κ3) is 9.71. The molecule has 2 aliphatic heterocycles. The van der Waals surface area contributed by atoms with Crippen LogP contribution in [0.3, 0.4) is 0 Å². The predicted octanol–water partition coefficient (Wildman–Crippen LogP) is 7.68.